The minimum atomic E-state index is -5.39. The smallest absolute Gasteiger partial charge is 0.435 e. The Morgan fingerprint density at radius 3 is 1.73 bits per heavy atom. The van der Waals surface area contributed by atoms with Gasteiger partial charge in [-0.3, -0.25) is 4.98 Å². The number of hydrogen-bond acceptors (Lipinski definition) is 5. The molecule has 1 N–H and O–H groups in total. The first kappa shape index (κ1) is 28.8. The maximum Gasteiger partial charge on any atom is 0.435 e. The molecule has 0 radical (unpaired) electrons. The lowest BCUT2D eigenvalue weighted by molar-refractivity contribution is -0.165. The molecule has 40 heavy (non-hydrogen) atoms. The van der Waals surface area contributed by atoms with E-state index in [2.05, 4.69) is 15.0 Å². The fraction of sp³-hybridized carbons (Fsp3) is 0.269. The van der Waals surface area contributed by atoms with E-state index in [0.29, 0.717) is 6.07 Å². The maximum atomic E-state index is 14.5. The number of methoxy groups -OCH3 is 2. The minimum absolute atomic E-state index is 0.0356. The van der Waals surface area contributed by atoms with Gasteiger partial charge in [0.05, 0.1) is 31.3 Å². The Hall–Kier alpha value is -4.23. The number of benzene rings is 1. The molecule has 0 aliphatic rings. The zero-order valence-corrected chi connectivity index (χ0v) is 21.2. The predicted octanol–water partition coefficient (Wildman–Crippen LogP) is 7.19. The van der Waals surface area contributed by atoms with Gasteiger partial charge in [0.2, 0.25) is 0 Å². The second-order valence-corrected chi connectivity index (χ2v) is 9.11. The van der Waals surface area contributed by atoms with E-state index in [1.165, 1.54) is 38.5 Å². The van der Waals surface area contributed by atoms with Crippen molar-refractivity contribution in [3.05, 3.63) is 76.9 Å². The number of H-pyrrole nitrogens is 1. The number of ether oxygens (including phenoxy) is 2. The molecule has 6 nitrogen and oxygen atoms in total. The molecule has 0 saturated heterocycles. The van der Waals surface area contributed by atoms with Crippen LogP contribution in [0.4, 0.5) is 35.1 Å². The standard InChI is InChI=1S/C26H20F8N4O2/c1-24(2,19-10-13(39-3)8-17(35-19)15-6-5-12(27)7-16(15)28)20-11-14(40-4)9-18(36-20)23-37-21(25(29,30)31)22(38-23)26(32,33)34/h5-11H,1-4H3,(H,37,38). The van der Waals surface area contributed by atoms with Crippen molar-refractivity contribution in [2.75, 3.05) is 14.2 Å². The third-order valence-electron chi connectivity index (χ3n) is 6.06. The summed E-state index contributed by atoms with van der Waals surface area (Å²) in [7, 11) is 2.60. The van der Waals surface area contributed by atoms with E-state index in [1.54, 1.807) is 18.8 Å². The predicted molar refractivity (Wildman–Crippen MR) is 127 cm³/mol. The van der Waals surface area contributed by atoms with Crippen molar-refractivity contribution in [3.8, 4) is 34.3 Å². The molecule has 0 atom stereocenters. The van der Waals surface area contributed by atoms with Crippen LogP contribution in [0.2, 0.25) is 0 Å². The third kappa shape index (κ3) is 5.56. The first-order valence-corrected chi connectivity index (χ1v) is 11.4. The fourth-order valence-electron chi connectivity index (χ4n) is 3.88. The molecule has 3 aromatic heterocycles. The van der Waals surface area contributed by atoms with Gasteiger partial charge in [0.25, 0.3) is 0 Å². The van der Waals surface area contributed by atoms with Crippen LogP contribution in [0.15, 0.2) is 42.5 Å². The zero-order valence-electron chi connectivity index (χ0n) is 21.2. The molecular weight excluding hydrogens is 552 g/mol. The molecule has 0 saturated carbocycles. The van der Waals surface area contributed by atoms with E-state index < -0.39 is 46.6 Å². The molecular formula is C26H20F8N4O2. The van der Waals surface area contributed by atoms with Crippen molar-refractivity contribution >= 4 is 0 Å². The van der Waals surface area contributed by atoms with Crippen LogP contribution in [0.5, 0.6) is 11.5 Å². The lowest BCUT2D eigenvalue weighted by Gasteiger charge is -2.26. The molecule has 0 amide bonds. The Labute approximate surface area is 222 Å². The van der Waals surface area contributed by atoms with Gasteiger partial charge in [-0.2, -0.15) is 26.3 Å². The van der Waals surface area contributed by atoms with Crippen LogP contribution in [0, 0.1) is 11.6 Å². The maximum absolute atomic E-state index is 14.5. The SMILES string of the molecule is COc1cc(-c2nc(C(F)(F)F)c(C(F)(F)F)[nH]2)nc(C(C)(C)c2cc(OC)cc(-c3ccc(F)cc3F)n2)c1. The van der Waals surface area contributed by atoms with Gasteiger partial charge in [0.15, 0.2) is 17.2 Å². The monoisotopic (exact) mass is 572 g/mol. The van der Waals surface area contributed by atoms with Crippen LogP contribution >= 0.6 is 0 Å². The minimum Gasteiger partial charge on any atom is -0.497 e. The zero-order chi connectivity index (χ0) is 29.6. The van der Waals surface area contributed by atoms with E-state index in [9.17, 15) is 35.1 Å². The molecule has 0 aliphatic carbocycles. The van der Waals surface area contributed by atoms with Gasteiger partial charge >= 0.3 is 12.4 Å². The van der Waals surface area contributed by atoms with E-state index in [0.717, 1.165) is 12.1 Å². The molecule has 0 spiro atoms. The molecule has 4 rings (SSSR count). The highest BCUT2D eigenvalue weighted by Gasteiger charge is 2.47. The van der Waals surface area contributed by atoms with Crippen molar-refractivity contribution in [1.29, 1.82) is 0 Å². The summed E-state index contributed by atoms with van der Waals surface area (Å²) in [5.74, 6) is -2.17. The summed E-state index contributed by atoms with van der Waals surface area (Å²) in [5.41, 5.74) is -5.37. The molecule has 0 fully saturated rings. The Balaban J connectivity index is 1.88. The molecule has 212 valence electrons. The molecule has 1 aromatic carbocycles. The van der Waals surface area contributed by atoms with Gasteiger partial charge < -0.3 is 14.5 Å². The van der Waals surface area contributed by atoms with E-state index in [-0.39, 0.29) is 39.8 Å². The first-order valence-electron chi connectivity index (χ1n) is 11.4. The summed E-state index contributed by atoms with van der Waals surface area (Å²) in [6.45, 7) is 3.24. The van der Waals surface area contributed by atoms with Gasteiger partial charge in [-0.15, -0.1) is 0 Å². The summed E-state index contributed by atoms with van der Waals surface area (Å²) in [6.07, 6.45) is -10.8. The van der Waals surface area contributed by atoms with Crippen LogP contribution in [-0.2, 0) is 17.8 Å². The fourth-order valence-corrected chi connectivity index (χ4v) is 3.88. The van der Waals surface area contributed by atoms with Gasteiger partial charge in [-0.1, -0.05) is 0 Å². The molecule has 0 aliphatic heterocycles. The van der Waals surface area contributed by atoms with Gasteiger partial charge in [-0.25, -0.2) is 18.7 Å². The van der Waals surface area contributed by atoms with Gasteiger partial charge in [0.1, 0.15) is 28.8 Å². The van der Waals surface area contributed by atoms with Crippen LogP contribution in [0.25, 0.3) is 22.8 Å². The third-order valence-corrected chi connectivity index (χ3v) is 6.06. The van der Waals surface area contributed by atoms with Crippen LogP contribution in [-0.4, -0.2) is 34.2 Å². The molecule has 4 aromatic rings. The average Bonchev–Trinajstić information content (AvgIpc) is 3.35. The Morgan fingerprint density at radius 1 is 0.700 bits per heavy atom. The molecule has 14 heteroatoms. The number of alkyl halides is 6. The number of nitrogens with one attached hydrogen (secondary N) is 1. The molecule has 0 bridgehead atoms. The summed E-state index contributed by atoms with van der Waals surface area (Å²) >= 11 is 0. The summed E-state index contributed by atoms with van der Waals surface area (Å²) in [4.78, 5) is 13.6. The van der Waals surface area contributed by atoms with Crippen LogP contribution in [0.1, 0.15) is 36.6 Å². The Morgan fingerprint density at radius 2 is 1.25 bits per heavy atom. The average molecular weight is 572 g/mol. The van der Waals surface area contributed by atoms with Crippen LogP contribution < -0.4 is 9.47 Å². The van der Waals surface area contributed by atoms with Gasteiger partial charge in [-0.05, 0) is 26.0 Å². The van der Waals surface area contributed by atoms with Crippen molar-refractivity contribution in [3.63, 3.8) is 0 Å². The van der Waals surface area contributed by atoms with E-state index in [4.69, 9.17) is 9.47 Å². The number of nitrogens with zero attached hydrogens (tertiary/aromatic N) is 3. The second kappa shape index (κ2) is 10.1. The van der Waals surface area contributed by atoms with Crippen molar-refractivity contribution in [1.82, 2.24) is 19.9 Å². The highest BCUT2D eigenvalue weighted by Crippen LogP contribution is 2.41. The Kier molecular flexibility index (Phi) is 7.24. The van der Waals surface area contributed by atoms with E-state index >= 15 is 0 Å². The second-order valence-electron chi connectivity index (χ2n) is 9.11. The number of aromatic nitrogens is 4. The van der Waals surface area contributed by atoms with Crippen LogP contribution in [0.3, 0.4) is 0 Å². The molecule has 0 unspecified atom stereocenters. The van der Waals surface area contributed by atoms with Gasteiger partial charge in [0, 0.05) is 41.3 Å². The highest BCUT2D eigenvalue weighted by molar-refractivity contribution is 5.63. The Bertz CT molecular complexity index is 1530. The van der Waals surface area contributed by atoms with E-state index in [1.807, 2.05) is 0 Å². The number of halogens is 8. The molecule has 3 heterocycles. The normalized spacial score (nSPS) is 12.5. The number of pyridine rings is 2. The number of rotatable bonds is 6. The first-order chi connectivity index (χ1) is 18.5. The lowest BCUT2D eigenvalue weighted by atomic mass is 9.84. The summed E-state index contributed by atoms with van der Waals surface area (Å²) in [5, 5.41) is 0. The topological polar surface area (TPSA) is 72.9 Å². The number of imidazole rings is 1. The summed E-state index contributed by atoms with van der Waals surface area (Å²) in [6, 6.07) is 8.39. The largest absolute Gasteiger partial charge is 0.497 e. The number of hydrogen-bond donors (Lipinski definition) is 1. The highest BCUT2D eigenvalue weighted by atomic mass is 19.4. The number of aromatic amines is 1. The summed E-state index contributed by atoms with van der Waals surface area (Å²) < 4.78 is 119. The quantitative estimate of drug-likeness (QED) is 0.248. The van der Waals surface area contributed by atoms with Crippen molar-refractivity contribution in [2.24, 2.45) is 0 Å². The van der Waals surface area contributed by atoms with Crippen molar-refractivity contribution in [2.45, 2.75) is 31.6 Å². The lowest BCUT2D eigenvalue weighted by Crippen LogP contribution is -2.23. The van der Waals surface area contributed by atoms with Crippen molar-refractivity contribution < 1.29 is 44.6 Å².